The number of hydrogen-bond donors (Lipinski definition) is 0. The number of halogens is 2. The summed E-state index contributed by atoms with van der Waals surface area (Å²) in [5, 5.41) is 3.07. The van der Waals surface area contributed by atoms with E-state index in [2.05, 4.69) is 110 Å². The molecule has 2 unspecified atom stereocenters. The summed E-state index contributed by atoms with van der Waals surface area (Å²) < 4.78 is 0. The van der Waals surface area contributed by atoms with Crippen molar-refractivity contribution in [2.24, 2.45) is 11.8 Å². The summed E-state index contributed by atoms with van der Waals surface area (Å²) in [6, 6.07) is 21.8. The van der Waals surface area contributed by atoms with Crippen molar-refractivity contribution < 1.29 is 47.8 Å². The second-order valence-corrected chi connectivity index (χ2v) is 16.0. The summed E-state index contributed by atoms with van der Waals surface area (Å²) in [5.41, 5.74) is 2.76. The Hall–Kier alpha value is -1.19. The molecule has 0 amide bonds. The quantitative estimate of drug-likeness (QED) is 0.320. The van der Waals surface area contributed by atoms with Crippen molar-refractivity contribution in [2.75, 3.05) is 0 Å². The second kappa shape index (κ2) is 15.7. The van der Waals surface area contributed by atoms with Crippen LogP contribution in [0, 0.1) is 24.7 Å². The first-order valence-electron chi connectivity index (χ1n) is 11.9. The summed E-state index contributed by atoms with van der Waals surface area (Å²) in [4.78, 5) is 0. The van der Waals surface area contributed by atoms with E-state index in [0.717, 1.165) is 11.8 Å². The van der Waals surface area contributed by atoms with E-state index in [1.54, 1.807) is 11.1 Å². The Morgan fingerprint density at radius 3 is 1.44 bits per heavy atom. The van der Waals surface area contributed by atoms with Crippen molar-refractivity contribution in [3.63, 3.8) is 0 Å². The third-order valence-corrected chi connectivity index (χ3v) is 14.6. The van der Waals surface area contributed by atoms with Gasteiger partial charge in [-0.2, -0.15) is 0 Å². The van der Waals surface area contributed by atoms with Gasteiger partial charge in [0.25, 0.3) is 0 Å². The van der Waals surface area contributed by atoms with Crippen LogP contribution in [-0.2, 0) is 23.0 Å². The minimum atomic E-state index is -0.406. The Morgan fingerprint density at radius 1 is 0.647 bits per heavy atom. The van der Waals surface area contributed by atoms with Gasteiger partial charge in [0.15, 0.2) is 0 Å². The molecule has 2 saturated carbocycles. The summed E-state index contributed by atoms with van der Waals surface area (Å²) in [6.07, 6.45) is 26.1. The Morgan fingerprint density at radius 2 is 1.06 bits per heavy atom. The summed E-state index contributed by atoms with van der Waals surface area (Å²) >= 11 is 1.27. The Bertz CT molecular complexity index is 927. The van der Waals surface area contributed by atoms with Crippen molar-refractivity contribution in [3.8, 4) is 0 Å². The van der Waals surface area contributed by atoms with E-state index in [1.165, 1.54) is 71.9 Å². The van der Waals surface area contributed by atoms with Crippen molar-refractivity contribution >= 4 is 15.9 Å². The fourth-order valence-electron chi connectivity index (χ4n) is 4.71. The summed E-state index contributed by atoms with van der Waals surface area (Å²) in [7, 11) is 0. The Labute approximate surface area is 233 Å². The van der Waals surface area contributed by atoms with E-state index < -0.39 is 5.49 Å². The Kier molecular flexibility index (Phi) is 13.4. The topological polar surface area (TPSA) is 0 Å². The van der Waals surface area contributed by atoms with Crippen molar-refractivity contribution in [2.45, 2.75) is 38.5 Å². The summed E-state index contributed by atoms with van der Waals surface area (Å²) in [6.45, 7) is 0. The van der Waals surface area contributed by atoms with Crippen LogP contribution in [0.25, 0.3) is 0 Å². The fourth-order valence-corrected chi connectivity index (χ4v) is 9.68. The van der Waals surface area contributed by atoms with Crippen LogP contribution in [0.5, 0.6) is 0 Å². The molecule has 6 rings (SSSR count). The molecule has 0 spiro atoms. The third-order valence-electron chi connectivity index (χ3n) is 6.55. The van der Waals surface area contributed by atoms with Gasteiger partial charge in [-0.1, -0.05) is 12.8 Å². The molecule has 0 aliphatic heterocycles. The Balaban J connectivity index is 0.000000181. The molecule has 2 atom stereocenters. The maximum atomic E-state index is 2.37. The van der Waals surface area contributed by atoms with Crippen molar-refractivity contribution in [3.05, 3.63) is 121 Å². The molecule has 0 radical (unpaired) electrons. The first-order valence-corrected chi connectivity index (χ1v) is 18.8. The molecule has 2 aromatic rings. The summed E-state index contributed by atoms with van der Waals surface area (Å²) in [5.74, 6) is 1.77. The molecule has 4 heteroatoms. The van der Waals surface area contributed by atoms with Crippen molar-refractivity contribution in [1.82, 2.24) is 0 Å². The van der Waals surface area contributed by atoms with Gasteiger partial charge in [0.2, 0.25) is 0 Å². The number of allylic oxidation sites excluding steroid dienone is 8. The molecule has 0 bridgehead atoms. The fraction of sp³-hybridized carbons (Fsp3) is 0.267. The SMILES string of the molecule is C1=CCC2CC[CH-]C2=C1.C1=CCC2CC[CH-]C2=C1.[Cl-].[Cl-].[Hf+2]=[Si](c1ccccc1)c1ccccc1. The van der Waals surface area contributed by atoms with E-state index in [0.29, 0.717) is 0 Å². The number of fused-ring (bicyclic) bond motifs is 2. The zero-order valence-corrected chi connectivity index (χ0v) is 25.7. The van der Waals surface area contributed by atoms with Gasteiger partial charge < -0.3 is 24.8 Å². The molecule has 2 aromatic carbocycles. The van der Waals surface area contributed by atoms with Gasteiger partial charge in [-0.05, 0) is 24.7 Å². The molecular weight excluding hydrogens is 638 g/mol. The number of rotatable bonds is 2. The van der Waals surface area contributed by atoms with Gasteiger partial charge in [-0.25, -0.2) is 36.1 Å². The zero-order valence-electron chi connectivity index (χ0n) is 19.5. The van der Waals surface area contributed by atoms with Crippen LogP contribution >= 0.6 is 0 Å². The molecule has 0 heterocycles. The first-order chi connectivity index (χ1) is 15.8. The van der Waals surface area contributed by atoms with Crippen LogP contribution in [0.2, 0.25) is 0 Å². The van der Waals surface area contributed by atoms with Gasteiger partial charge in [-0.15, -0.1) is 37.1 Å². The second-order valence-electron chi connectivity index (χ2n) is 8.72. The van der Waals surface area contributed by atoms with E-state index in [-0.39, 0.29) is 24.8 Å². The molecule has 34 heavy (non-hydrogen) atoms. The van der Waals surface area contributed by atoms with Crippen molar-refractivity contribution in [1.29, 1.82) is 0 Å². The molecule has 4 aliphatic rings. The maximum absolute atomic E-state index is 2.37. The monoisotopic (exact) mass is 670 g/mol. The molecule has 0 saturated heterocycles. The van der Waals surface area contributed by atoms with Crippen LogP contribution in [-0.4, -0.2) is 5.49 Å². The zero-order chi connectivity index (χ0) is 22.0. The number of benzene rings is 2. The standard InChI is InChI=1S/C12H10Si.2C9H11.2ClH.Hf/c1-3-7-11(8-4-1)13-12-9-5-2-6-10-12;2*1-2-5-9-7-3-6-8(9)4-1;;;/h1-10H;2*1-2,4,6,9H,3,5,7H2;2*1H;/q;2*-1;;;+2/p-2. The van der Waals surface area contributed by atoms with Gasteiger partial charge in [0.1, 0.15) is 0 Å². The molecule has 4 aliphatic carbocycles. The predicted octanol–water partition coefficient (Wildman–Crippen LogP) is 0.321. The van der Waals surface area contributed by atoms with Gasteiger partial charge in [0.05, 0.1) is 0 Å². The van der Waals surface area contributed by atoms with E-state index in [1.807, 2.05) is 0 Å². The molecule has 0 N–H and O–H groups in total. The molecule has 0 aromatic heterocycles. The van der Waals surface area contributed by atoms with E-state index in [9.17, 15) is 0 Å². The average molecular weight is 670 g/mol. The van der Waals surface area contributed by atoms with Crippen LogP contribution in [0.1, 0.15) is 38.5 Å². The van der Waals surface area contributed by atoms with Crippen LogP contribution < -0.4 is 35.2 Å². The van der Waals surface area contributed by atoms with E-state index >= 15 is 0 Å². The molecular formula is C30H32Cl2HfSi-2. The first kappa shape index (κ1) is 29.0. The van der Waals surface area contributed by atoms with Crippen LogP contribution in [0.4, 0.5) is 0 Å². The van der Waals surface area contributed by atoms with Crippen LogP contribution in [0.3, 0.4) is 0 Å². The third kappa shape index (κ3) is 8.48. The van der Waals surface area contributed by atoms with Gasteiger partial charge in [-0.3, -0.25) is 0 Å². The number of hydrogen-bond acceptors (Lipinski definition) is 0. The normalized spacial score (nSPS) is 20.5. The predicted molar refractivity (Wildman–Crippen MR) is 136 cm³/mol. The van der Waals surface area contributed by atoms with Gasteiger partial charge in [0, 0.05) is 0 Å². The average Bonchev–Trinajstić information content (AvgIpc) is 3.55. The minimum absolute atomic E-state index is 0. The van der Waals surface area contributed by atoms with Gasteiger partial charge >= 0.3 is 99.5 Å². The molecule has 0 nitrogen and oxygen atoms in total. The van der Waals surface area contributed by atoms with Crippen LogP contribution in [0.15, 0.2) is 108 Å². The van der Waals surface area contributed by atoms with E-state index in [4.69, 9.17) is 0 Å². The molecule has 176 valence electrons. The molecule has 2 fully saturated rings.